The van der Waals surface area contributed by atoms with Crippen LogP contribution in [-0.4, -0.2) is 46.8 Å². The lowest BCUT2D eigenvalue weighted by Gasteiger charge is -2.35. The molecule has 0 spiro atoms. The molecule has 0 radical (unpaired) electrons. The van der Waals surface area contributed by atoms with Crippen LogP contribution in [-0.2, 0) is 33.8 Å². The SMILES string of the molecule is CCOC(=O)[C@@]1(Cc2ccccc2)C[C@H]2CC[C@@H]1N2Cc1nc(COC)no1. The van der Waals surface area contributed by atoms with Crippen LogP contribution < -0.4 is 0 Å². The molecule has 0 saturated carbocycles. The van der Waals surface area contributed by atoms with Crippen molar-refractivity contribution in [2.45, 2.75) is 57.8 Å². The molecule has 7 nitrogen and oxygen atoms in total. The first-order valence-corrected chi connectivity index (χ1v) is 9.93. The Hall–Kier alpha value is -2.25. The van der Waals surface area contributed by atoms with Gasteiger partial charge in [-0.15, -0.1) is 0 Å². The third-order valence-corrected chi connectivity index (χ3v) is 6.03. The van der Waals surface area contributed by atoms with Crippen molar-refractivity contribution in [3.05, 3.63) is 47.6 Å². The highest BCUT2D eigenvalue weighted by Crippen LogP contribution is 2.52. The Morgan fingerprint density at radius 1 is 1.32 bits per heavy atom. The number of hydrogen-bond donors (Lipinski definition) is 0. The van der Waals surface area contributed by atoms with E-state index >= 15 is 0 Å². The average Bonchev–Trinajstić information content (AvgIpc) is 3.38. The van der Waals surface area contributed by atoms with Gasteiger partial charge in [0, 0.05) is 19.2 Å². The molecule has 3 heterocycles. The summed E-state index contributed by atoms with van der Waals surface area (Å²) in [5.41, 5.74) is 0.651. The predicted octanol–water partition coefficient (Wildman–Crippen LogP) is 2.74. The maximum atomic E-state index is 13.1. The van der Waals surface area contributed by atoms with Crippen LogP contribution in [0.5, 0.6) is 0 Å². The van der Waals surface area contributed by atoms with E-state index in [1.807, 2.05) is 25.1 Å². The van der Waals surface area contributed by atoms with Crippen LogP contribution in [0.15, 0.2) is 34.9 Å². The molecule has 4 rings (SSSR count). The van der Waals surface area contributed by atoms with E-state index in [9.17, 15) is 4.79 Å². The fraction of sp³-hybridized carbons (Fsp3) is 0.571. The third kappa shape index (κ3) is 3.44. The number of rotatable bonds is 8. The van der Waals surface area contributed by atoms with Crippen molar-refractivity contribution in [3.63, 3.8) is 0 Å². The second-order valence-corrected chi connectivity index (χ2v) is 7.70. The molecule has 2 aliphatic rings. The van der Waals surface area contributed by atoms with E-state index in [0.717, 1.165) is 19.3 Å². The molecule has 0 unspecified atom stereocenters. The Morgan fingerprint density at radius 2 is 2.14 bits per heavy atom. The van der Waals surface area contributed by atoms with Gasteiger partial charge in [0.2, 0.25) is 5.89 Å². The normalized spacial score (nSPS) is 26.6. The summed E-state index contributed by atoms with van der Waals surface area (Å²) in [6.07, 6.45) is 3.57. The second kappa shape index (κ2) is 8.01. The molecule has 1 aromatic heterocycles. The summed E-state index contributed by atoms with van der Waals surface area (Å²) < 4.78 is 16.0. The lowest BCUT2D eigenvalue weighted by Crippen LogP contribution is -2.46. The molecular formula is C21H27N3O4. The van der Waals surface area contributed by atoms with E-state index in [1.165, 1.54) is 5.56 Å². The number of nitrogens with zero attached hydrogens (tertiary/aromatic N) is 3. The van der Waals surface area contributed by atoms with Crippen LogP contribution in [0.4, 0.5) is 0 Å². The van der Waals surface area contributed by atoms with Crippen molar-refractivity contribution in [1.82, 2.24) is 15.0 Å². The van der Waals surface area contributed by atoms with Gasteiger partial charge < -0.3 is 14.0 Å². The quantitative estimate of drug-likeness (QED) is 0.647. The molecule has 2 bridgehead atoms. The Labute approximate surface area is 165 Å². The van der Waals surface area contributed by atoms with Crippen LogP contribution in [0.3, 0.4) is 0 Å². The molecule has 0 amide bonds. The standard InChI is InChI=1S/C21H27N3O4/c1-3-27-20(25)21(11-15-7-5-4-6-8-15)12-16-9-10-17(21)24(16)13-19-22-18(14-26-2)23-28-19/h4-8,16-17H,3,9-14H2,1-2H3/t16-,17+,21+/m1/s1. The van der Waals surface area contributed by atoms with E-state index in [-0.39, 0.29) is 12.0 Å². The second-order valence-electron chi connectivity index (χ2n) is 7.70. The molecule has 28 heavy (non-hydrogen) atoms. The van der Waals surface area contributed by atoms with Gasteiger partial charge in [0.25, 0.3) is 0 Å². The lowest BCUT2D eigenvalue weighted by atomic mass is 9.70. The Kier molecular flexibility index (Phi) is 5.46. The molecule has 2 aliphatic heterocycles. The highest BCUT2D eigenvalue weighted by Gasteiger charge is 2.60. The van der Waals surface area contributed by atoms with Crippen LogP contribution >= 0.6 is 0 Å². The van der Waals surface area contributed by atoms with Gasteiger partial charge in [0.15, 0.2) is 5.82 Å². The predicted molar refractivity (Wildman–Crippen MR) is 101 cm³/mol. The number of carbonyl (C=O) groups excluding carboxylic acids is 1. The summed E-state index contributed by atoms with van der Waals surface area (Å²) in [4.78, 5) is 19.9. The number of esters is 1. The van der Waals surface area contributed by atoms with Gasteiger partial charge in [-0.1, -0.05) is 35.5 Å². The zero-order chi connectivity index (χ0) is 19.6. The summed E-state index contributed by atoms with van der Waals surface area (Å²) in [6.45, 7) is 3.16. The Morgan fingerprint density at radius 3 is 2.89 bits per heavy atom. The van der Waals surface area contributed by atoms with Gasteiger partial charge in [0.1, 0.15) is 6.61 Å². The minimum atomic E-state index is -0.518. The minimum Gasteiger partial charge on any atom is -0.466 e. The van der Waals surface area contributed by atoms with Crippen molar-refractivity contribution in [3.8, 4) is 0 Å². The summed E-state index contributed by atoms with van der Waals surface area (Å²) in [5.74, 6) is 1.04. The maximum absolute atomic E-state index is 13.1. The summed E-state index contributed by atoms with van der Waals surface area (Å²) >= 11 is 0. The number of carbonyl (C=O) groups is 1. The average molecular weight is 385 g/mol. The molecule has 7 heteroatoms. The minimum absolute atomic E-state index is 0.0818. The fourth-order valence-corrected chi connectivity index (χ4v) is 4.96. The summed E-state index contributed by atoms with van der Waals surface area (Å²) in [7, 11) is 1.61. The molecule has 3 atom stereocenters. The molecule has 2 aromatic rings. The number of hydrogen-bond acceptors (Lipinski definition) is 7. The van der Waals surface area contributed by atoms with Crippen molar-refractivity contribution in [2.24, 2.45) is 5.41 Å². The first-order chi connectivity index (χ1) is 13.7. The topological polar surface area (TPSA) is 77.7 Å². The zero-order valence-corrected chi connectivity index (χ0v) is 16.5. The molecule has 150 valence electrons. The van der Waals surface area contributed by atoms with Crippen molar-refractivity contribution >= 4 is 5.97 Å². The molecular weight excluding hydrogens is 358 g/mol. The van der Waals surface area contributed by atoms with Crippen molar-refractivity contribution in [2.75, 3.05) is 13.7 Å². The largest absolute Gasteiger partial charge is 0.466 e. The van der Waals surface area contributed by atoms with E-state index in [1.54, 1.807) is 7.11 Å². The number of methoxy groups -OCH3 is 1. The van der Waals surface area contributed by atoms with E-state index in [4.69, 9.17) is 14.0 Å². The zero-order valence-electron chi connectivity index (χ0n) is 16.5. The lowest BCUT2D eigenvalue weighted by molar-refractivity contribution is -0.157. The molecule has 0 N–H and O–H groups in total. The fourth-order valence-electron chi connectivity index (χ4n) is 4.96. The van der Waals surface area contributed by atoms with Crippen molar-refractivity contribution < 1.29 is 18.8 Å². The first kappa shape index (κ1) is 19.1. The van der Waals surface area contributed by atoms with Crippen LogP contribution in [0, 0.1) is 5.41 Å². The van der Waals surface area contributed by atoms with Crippen LogP contribution in [0.25, 0.3) is 0 Å². The summed E-state index contributed by atoms with van der Waals surface area (Å²) in [5, 5.41) is 3.96. The number of benzene rings is 1. The maximum Gasteiger partial charge on any atom is 0.314 e. The number of aromatic nitrogens is 2. The number of fused-ring (bicyclic) bond motifs is 2. The Bertz CT molecular complexity index is 809. The van der Waals surface area contributed by atoms with Gasteiger partial charge >= 0.3 is 5.97 Å². The van der Waals surface area contributed by atoms with Crippen LogP contribution in [0.2, 0.25) is 0 Å². The molecule has 0 aliphatic carbocycles. The van der Waals surface area contributed by atoms with Gasteiger partial charge in [0.05, 0.1) is 18.6 Å². The highest BCUT2D eigenvalue weighted by molar-refractivity contribution is 5.79. The molecule has 2 fully saturated rings. The highest BCUT2D eigenvalue weighted by atomic mass is 16.5. The first-order valence-electron chi connectivity index (χ1n) is 9.93. The third-order valence-electron chi connectivity index (χ3n) is 6.03. The van der Waals surface area contributed by atoms with Gasteiger partial charge in [-0.05, 0) is 38.2 Å². The van der Waals surface area contributed by atoms with E-state index < -0.39 is 5.41 Å². The van der Waals surface area contributed by atoms with Crippen molar-refractivity contribution in [1.29, 1.82) is 0 Å². The summed E-state index contributed by atoms with van der Waals surface area (Å²) in [6, 6.07) is 10.7. The molecule has 1 aromatic carbocycles. The van der Waals surface area contributed by atoms with Gasteiger partial charge in [-0.3, -0.25) is 9.69 Å². The monoisotopic (exact) mass is 385 g/mol. The van der Waals surface area contributed by atoms with Crippen LogP contribution in [0.1, 0.15) is 43.5 Å². The Balaban J connectivity index is 1.58. The smallest absolute Gasteiger partial charge is 0.314 e. The van der Waals surface area contributed by atoms with E-state index in [2.05, 4.69) is 27.2 Å². The molecule has 2 saturated heterocycles. The van der Waals surface area contributed by atoms with Gasteiger partial charge in [-0.25, -0.2) is 0 Å². The van der Waals surface area contributed by atoms with Gasteiger partial charge in [-0.2, -0.15) is 4.98 Å². The van der Waals surface area contributed by atoms with E-state index in [0.29, 0.717) is 43.9 Å². The number of ether oxygens (including phenoxy) is 2.